The Hall–Kier alpha value is -2.26. The minimum Gasteiger partial charge on any atom is -0.289 e. The van der Waals surface area contributed by atoms with Crippen LogP contribution in [0.2, 0.25) is 5.02 Å². The van der Waals surface area contributed by atoms with Gasteiger partial charge in [0.25, 0.3) is 0 Å². The van der Waals surface area contributed by atoms with Crippen LogP contribution < -0.4 is 5.14 Å². The average molecular weight is 409 g/mol. The lowest BCUT2D eigenvalue weighted by molar-refractivity contribution is 0.103. The summed E-state index contributed by atoms with van der Waals surface area (Å²) in [6.45, 7) is 0. The van der Waals surface area contributed by atoms with Crippen LogP contribution in [0.15, 0.2) is 76.8 Å². The molecule has 9 heteroatoms. The number of carbonyl (C=O) groups is 1. The van der Waals surface area contributed by atoms with Crippen molar-refractivity contribution in [1.29, 1.82) is 0 Å². The van der Waals surface area contributed by atoms with Gasteiger partial charge in [-0.05, 0) is 36.4 Å². The molecule has 134 valence electrons. The molecule has 0 fully saturated rings. The van der Waals surface area contributed by atoms with E-state index in [1.54, 1.807) is 24.3 Å². The Bertz CT molecular complexity index is 1110. The van der Waals surface area contributed by atoms with Crippen LogP contribution in [0.25, 0.3) is 0 Å². The number of nitrogens with two attached hydrogens (primary N) is 1. The Balaban J connectivity index is 1.93. The molecule has 3 aromatic rings. The molecule has 1 aromatic heterocycles. The number of nitrogens with zero attached hydrogens (tertiary/aromatic N) is 1. The third-order valence-electron chi connectivity index (χ3n) is 3.57. The molecule has 0 aliphatic rings. The predicted octanol–water partition coefficient (Wildman–Crippen LogP) is 2.59. The third kappa shape index (κ3) is 3.78. The summed E-state index contributed by atoms with van der Waals surface area (Å²) in [5.74, 6) is -0.435. The van der Waals surface area contributed by atoms with E-state index in [0.717, 1.165) is 6.07 Å². The highest BCUT2D eigenvalue weighted by Gasteiger charge is 2.18. The molecule has 1 unspecified atom stereocenters. The van der Waals surface area contributed by atoms with Crippen LogP contribution in [0.5, 0.6) is 0 Å². The summed E-state index contributed by atoms with van der Waals surface area (Å²) in [7, 11) is -5.55. The Labute approximate surface area is 157 Å². The molecular formula is C17H13ClN2O4S2. The first-order valence-corrected chi connectivity index (χ1v) is 10.3. The molecule has 1 heterocycles. The van der Waals surface area contributed by atoms with Crippen molar-refractivity contribution in [3.8, 4) is 0 Å². The van der Waals surface area contributed by atoms with Crippen molar-refractivity contribution in [3.05, 3.63) is 83.1 Å². The number of hydrogen-bond donors (Lipinski definition) is 1. The average Bonchev–Trinajstić information content (AvgIpc) is 3.10. The van der Waals surface area contributed by atoms with Crippen LogP contribution in [0.1, 0.15) is 15.9 Å². The van der Waals surface area contributed by atoms with Gasteiger partial charge in [-0.2, -0.15) is 0 Å². The quantitative estimate of drug-likeness (QED) is 0.656. The van der Waals surface area contributed by atoms with E-state index >= 15 is 0 Å². The summed E-state index contributed by atoms with van der Waals surface area (Å²) >= 11 is 5.83. The Morgan fingerprint density at radius 3 is 2.38 bits per heavy atom. The largest absolute Gasteiger partial charge is 0.289 e. The lowest BCUT2D eigenvalue weighted by Crippen LogP contribution is -2.14. The lowest BCUT2D eigenvalue weighted by atomic mass is 10.1. The van der Waals surface area contributed by atoms with Crippen LogP contribution in [-0.2, 0) is 21.0 Å². The predicted molar refractivity (Wildman–Crippen MR) is 98.9 cm³/mol. The van der Waals surface area contributed by atoms with Gasteiger partial charge in [-0.1, -0.05) is 29.8 Å². The van der Waals surface area contributed by atoms with E-state index in [9.17, 15) is 17.4 Å². The van der Waals surface area contributed by atoms with Crippen molar-refractivity contribution in [1.82, 2.24) is 3.97 Å². The molecule has 0 aliphatic carbocycles. The summed E-state index contributed by atoms with van der Waals surface area (Å²) in [6, 6.07) is 14.1. The van der Waals surface area contributed by atoms with Crippen LogP contribution in [0, 0.1) is 0 Å². The molecule has 0 bridgehead atoms. The van der Waals surface area contributed by atoms with Gasteiger partial charge in [0.05, 0.1) is 9.92 Å². The highest BCUT2D eigenvalue weighted by molar-refractivity contribution is 7.89. The number of benzene rings is 2. The van der Waals surface area contributed by atoms with Gasteiger partial charge in [0.1, 0.15) is 4.90 Å². The van der Waals surface area contributed by atoms with Crippen LogP contribution >= 0.6 is 11.6 Å². The van der Waals surface area contributed by atoms with E-state index in [1.165, 1.54) is 34.6 Å². The second kappa shape index (κ2) is 7.16. The fraction of sp³-hybridized carbons (Fsp3) is 0. The molecule has 0 spiro atoms. The lowest BCUT2D eigenvalue weighted by Gasteiger charge is -2.05. The summed E-state index contributed by atoms with van der Waals surface area (Å²) in [4.78, 5) is 12.9. The minimum absolute atomic E-state index is 0.0631. The van der Waals surface area contributed by atoms with Crippen LogP contribution in [0.3, 0.4) is 0 Å². The van der Waals surface area contributed by atoms with Crippen LogP contribution in [-0.4, -0.2) is 22.4 Å². The molecule has 0 aliphatic heterocycles. The van der Waals surface area contributed by atoms with E-state index in [1.807, 2.05) is 6.07 Å². The second-order valence-electron chi connectivity index (χ2n) is 5.34. The molecule has 0 radical (unpaired) electrons. The first-order valence-electron chi connectivity index (χ1n) is 7.30. The van der Waals surface area contributed by atoms with E-state index in [4.69, 9.17) is 16.7 Å². The molecule has 3 rings (SSSR count). The van der Waals surface area contributed by atoms with E-state index < -0.39 is 26.8 Å². The summed E-state index contributed by atoms with van der Waals surface area (Å²) < 4.78 is 37.0. The molecule has 6 nitrogen and oxygen atoms in total. The monoisotopic (exact) mass is 408 g/mol. The first-order chi connectivity index (χ1) is 12.3. The minimum atomic E-state index is -4.05. The van der Waals surface area contributed by atoms with Gasteiger partial charge < -0.3 is 0 Å². The van der Waals surface area contributed by atoms with Gasteiger partial charge in [-0.15, -0.1) is 0 Å². The normalized spacial score (nSPS) is 12.7. The summed E-state index contributed by atoms with van der Waals surface area (Å²) in [5, 5.41) is 5.04. The van der Waals surface area contributed by atoms with Crippen molar-refractivity contribution in [2.75, 3.05) is 0 Å². The Morgan fingerprint density at radius 2 is 1.73 bits per heavy atom. The zero-order valence-electron chi connectivity index (χ0n) is 13.2. The molecule has 26 heavy (non-hydrogen) atoms. The van der Waals surface area contributed by atoms with Gasteiger partial charge >= 0.3 is 0 Å². The zero-order valence-corrected chi connectivity index (χ0v) is 15.6. The number of hydrogen-bond acceptors (Lipinski definition) is 4. The van der Waals surface area contributed by atoms with E-state index in [2.05, 4.69) is 0 Å². The van der Waals surface area contributed by atoms with E-state index in [-0.39, 0.29) is 21.0 Å². The number of primary sulfonamides is 1. The number of sulfonamides is 1. The molecule has 0 saturated heterocycles. The number of carbonyl (C=O) groups excluding carboxylic acids is 1. The summed E-state index contributed by atoms with van der Waals surface area (Å²) in [6.07, 6.45) is 2.96. The molecular weight excluding hydrogens is 396 g/mol. The SMILES string of the molecule is NS(=O)(=O)c1cc(C(=O)c2ccn(S(=O)c3ccccc3)c2)ccc1Cl. The van der Waals surface area contributed by atoms with Crippen molar-refractivity contribution in [2.45, 2.75) is 9.79 Å². The van der Waals surface area contributed by atoms with Gasteiger partial charge in [0.15, 0.2) is 16.8 Å². The third-order valence-corrected chi connectivity index (χ3v) is 6.24. The highest BCUT2D eigenvalue weighted by Crippen LogP contribution is 2.23. The summed E-state index contributed by atoms with van der Waals surface area (Å²) in [5.41, 5.74) is 0.374. The van der Waals surface area contributed by atoms with Gasteiger partial charge in [0.2, 0.25) is 10.0 Å². The number of aromatic nitrogens is 1. The van der Waals surface area contributed by atoms with Gasteiger partial charge in [-0.3, -0.25) is 8.77 Å². The van der Waals surface area contributed by atoms with Crippen LogP contribution in [0.4, 0.5) is 0 Å². The topological polar surface area (TPSA) is 99.2 Å². The van der Waals surface area contributed by atoms with Crippen molar-refractivity contribution >= 4 is 38.4 Å². The fourth-order valence-corrected chi connectivity index (χ4v) is 4.39. The van der Waals surface area contributed by atoms with Crippen molar-refractivity contribution < 1.29 is 17.4 Å². The smallest absolute Gasteiger partial charge is 0.239 e. The number of rotatable bonds is 5. The van der Waals surface area contributed by atoms with Crippen molar-refractivity contribution in [2.24, 2.45) is 5.14 Å². The molecule has 2 aromatic carbocycles. The maximum absolute atomic E-state index is 12.6. The molecule has 0 amide bonds. The standard InChI is InChI=1S/C17H13ClN2O4S2/c18-15-7-6-12(10-16(15)26(19,23)24)17(21)13-8-9-20(11-13)25(22)14-4-2-1-3-5-14/h1-11H,(H2,19,23,24). The molecule has 0 saturated carbocycles. The highest BCUT2D eigenvalue weighted by atomic mass is 35.5. The Morgan fingerprint density at radius 1 is 1.04 bits per heavy atom. The van der Waals surface area contributed by atoms with Gasteiger partial charge in [-0.25, -0.2) is 17.8 Å². The van der Waals surface area contributed by atoms with Gasteiger partial charge in [0, 0.05) is 23.5 Å². The molecule has 1 atom stereocenters. The maximum Gasteiger partial charge on any atom is 0.239 e. The van der Waals surface area contributed by atoms with Crippen molar-refractivity contribution in [3.63, 3.8) is 0 Å². The van der Waals surface area contributed by atoms with E-state index in [0.29, 0.717) is 4.90 Å². The second-order valence-corrected chi connectivity index (χ2v) is 8.67. The fourth-order valence-electron chi connectivity index (χ4n) is 2.30. The number of ketones is 1. The molecule has 2 N–H and O–H groups in total. The zero-order chi connectivity index (χ0) is 18.9. The number of halogens is 1. The maximum atomic E-state index is 12.6. The first kappa shape index (κ1) is 18.5. The Kier molecular flexibility index (Phi) is 5.10.